The van der Waals surface area contributed by atoms with Crippen molar-refractivity contribution in [2.75, 3.05) is 4.90 Å². The van der Waals surface area contributed by atoms with Crippen LogP contribution >= 0.6 is 0 Å². The van der Waals surface area contributed by atoms with Gasteiger partial charge in [-0.15, -0.1) is 0 Å². The molecule has 1 aliphatic rings. The lowest BCUT2D eigenvalue weighted by atomic mass is 9.82. The molecule has 0 radical (unpaired) electrons. The molecule has 0 saturated carbocycles. The molecule has 7 rings (SSSR count). The second-order valence-corrected chi connectivity index (χ2v) is 10.5. The summed E-state index contributed by atoms with van der Waals surface area (Å²) in [5.74, 6) is 0. The van der Waals surface area contributed by atoms with Crippen molar-refractivity contribution in [3.8, 4) is 22.3 Å². The molecule has 0 unspecified atom stereocenters. The molecule has 5 aromatic carbocycles. The Balaban J connectivity index is 1.39. The number of hydrogen-bond donors (Lipinski definition) is 0. The number of hydrogen-bond acceptors (Lipinski definition) is 2. The largest absolute Gasteiger partial charge is 0.310 e. The van der Waals surface area contributed by atoms with Gasteiger partial charge in [0.1, 0.15) is 0 Å². The first-order valence-corrected chi connectivity index (χ1v) is 13.1. The van der Waals surface area contributed by atoms with Gasteiger partial charge in [0.05, 0.1) is 5.52 Å². The predicted octanol–water partition coefficient (Wildman–Crippen LogP) is 9.68. The van der Waals surface area contributed by atoms with Crippen LogP contribution in [0.15, 0.2) is 134 Å². The molecule has 0 atom stereocenters. The van der Waals surface area contributed by atoms with Crippen LogP contribution < -0.4 is 4.90 Å². The highest BCUT2D eigenvalue weighted by Crippen LogP contribution is 2.50. The Morgan fingerprint density at radius 3 is 2.03 bits per heavy atom. The topological polar surface area (TPSA) is 16.1 Å². The maximum atomic E-state index is 4.54. The van der Waals surface area contributed by atoms with E-state index in [1.165, 1.54) is 33.4 Å². The molecule has 182 valence electrons. The average molecular weight is 489 g/mol. The monoisotopic (exact) mass is 488 g/mol. The molecule has 0 saturated heterocycles. The molecule has 0 aliphatic heterocycles. The molecule has 0 fully saturated rings. The van der Waals surface area contributed by atoms with Crippen LogP contribution in [0.1, 0.15) is 25.0 Å². The van der Waals surface area contributed by atoms with Crippen LogP contribution in [0.25, 0.3) is 33.2 Å². The molecule has 38 heavy (non-hydrogen) atoms. The van der Waals surface area contributed by atoms with E-state index in [2.05, 4.69) is 145 Å². The highest BCUT2D eigenvalue weighted by Gasteiger charge is 2.35. The van der Waals surface area contributed by atoms with Gasteiger partial charge in [-0.3, -0.25) is 4.98 Å². The van der Waals surface area contributed by atoms with E-state index in [9.17, 15) is 0 Å². The maximum absolute atomic E-state index is 4.54. The molecule has 1 heterocycles. The summed E-state index contributed by atoms with van der Waals surface area (Å²) >= 11 is 0. The van der Waals surface area contributed by atoms with Gasteiger partial charge in [-0.2, -0.15) is 0 Å². The standard InChI is InChI=1S/C36H28N2/c1-36(2)33-13-7-6-12-31(33)32-20-18-30(24-34(32)36)38(29-19-21-35-27(23-29)11-8-22-37-35)28-16-14-26(15-17-28)25-9-4-3-5-10-25/h3-24H,1-2H3. The fourth-order valence-electron chi connectivity index (χ4n) is 5.91. The van der Waals surface area contributed by atoms with Gasteiger partial charge in [-0.25, -0.2) is 0 Å². The van der Waals surface area contributed by atoms with Crippen molar-refractivity contribution in [3.05, 3.63) is 145 Å². The van der Waals surface area contributed by atoms with Crippen molar-refractivity contribution < 1.29 is 0 Å². The molecule has 0 amide bonds. The van der Waals surface area contributed by atoms with Gasteiger partial charge in [0, 0.05) is 34.1 Å². The molecule has 0 N–H and O–H groups in total. The summed E-state index contributed by atoms with van der Waals surface area (Å²) in [5, 5.41) is 1.13. The van der Waals surface area contributed by atoms with Crippen molar-refractivity contribution in [1.29, 1.82) is 0 Å². The lowest BCUT2D eigenvalue weighted by Gasteiger charge is -2.28. The Labute approximate surface area is 223 Å². The number of benzene rings is 5. The summed E-state index contributed by atoms with van der Waals surface area (Å²) in [6.07, 6.45) is 1.85. The fourth-order valence-corrected chi connectivity index (χ4v) is 5.91. The van der Waals surface area contributed by atoms with E-state index in [1.807, 2.05) is 12.3 Å². The number of rotatable bonds is 4. The molecule has 2 heteroatoms. The first kappa shape index (κ1) is 22.5. The van der Waals surface area contributed by atoms with Crippen LogP contribution in [0.5, 0.6) is 0 Å². The van der Waals surface area contributed by atoms with Gasteiger partial charge >= 0.3 is 0 Å². The Morgan fingerprint density at radius 1 is 0.526 bits per heavy atom. The van der Waals surface area contributed by atoms with Crippen molar-refractivity contribution in [2.45, 2.75) is 19.3 Å². The van der Waals surface area contributed by atoms with Crippen LogP contribution in [0.4, 0.5) is 17.1 Å². The molecule has 1 aromatic heterocycles. The van der Waals surface area contributed by atoms with E-state index in [-0.39, 0.29) is 5.41 Å². The number of pyridine rings is 1. The lowest BCUT2D eigenvalue weighted by Crippen LogP contribution is -2.16. The number of aromatic nitrogens is 1. The Morgan fingerprint density at radius 2 is 1.18 bits per heavy atom. The zero-order valence-corrected chi connectivity index (χ0v) is 21.6. The van der Waals surface area contributed by atoms with Crippen molar-refractivity contribution in [2.24, 2.45) is 0 Å². The van der Waals surface area contributed by atoms with Gasteiger partial charge in [0.25, 0.3) is 0 Å². The number of nitrogens with zero attached hydrogens (tertiary/aromatic N) is 2. The fraction of sp³-hybridized carbons (Fsp3) is 0.0833. The quantitative estimate of drug-likeness (QED) is 0.245. The highest BCUT2D eigenvalue weighted by atomic mass is 15.1. The van der Waals surface area contributed by atoms with Crippen LogP contribution in [0.3, 0.4) is 0 Å². The normalized spacial score (nSPS) is 13.2. The summed E-state index contributed by atoms with van der Waals surface area (Å²) in [5.41, 5.74) is 12.2. The molecule has 0 spiro atoms. The Kier molecular flexibility index (Phi) is 5.16. The molecule has 0 bridgehead atoms. The van der Waals surface area contributed by atoms with Crippen molar-refractivity contribution >= 4 is 28.0 Å². The minimum absolute atomic E-state index is 0.0575. The summed E-state index contributed by atoms with van der Waals surface area (Å²) < 4.78 is 0. The third kappa shape index (κ3) is 3.61. The minimum Gasteiger partial charge on any atom is -0.310 e. The van der Waals surface area contributed by atoms with Crippen LogP contribution in [-0.2, 0) is 5.41 Å². The van der Waals surface area contributed by atoms with E-state index in [4.69, 9.17) is 0 Å². The van der Waals surface area contributed by atoms with E-state index in [0.29, 0.717) is 0 Å². The molecule has 1 aliphatic carbocycles. The number of anilines is 3. The highest BCUT2D eigenvalue weighted by molar-refractivity contribution is 5.89. The average Bonchev–Trinajstić information content (AvgIpc) is 3.20. The van der Waals surface area contributed by atoms with E-state index in [0.717, 1.165) is 28.0 Å². The van der Waals surface area contributed by atoms with E-state index < -0.39 is 0 Å². The summed E-state index contributed by atoms with van der Waals surface area (Å²) in [7, 11) is 0. The summed E-state index contributed by atoms with van der Waals surface area (Å²) in [4.78, 5) is 6.90. The molecule has 2 nitrogen and oxygen atoms in total. The van der Waals surface area contributed by atoms with Gasteiger partial charge in [0.15, 0.2) is 0 Å². The van der Waals surface area contributed by atoms with Gasteiger partial charge in [-0.05, 0) is 81.9 Å². The number of fused-ring (bicyclic) bond motifs is 4. The molecular weight excluding hydrogens is 460 g/mol. The van der Waals surface area contributed by atoms with Gasteiger partial charge in [0.2, 0.25) is 0 Å². The van der Waals surface area contributed by atoms with Crippen LogP contribution in [0.2, 0.25) is 0 Å². The van der Waals surface area contributed by atoms with Crippen molar-refractivity contribution in [1.82, 2.24) is 4.98 Å². The van der Waals surface area contributed by atoms with Gasteiger partial charge in [-0.1, -0.05) is 92.7 Å². The first-order valence-electron chi connectivity index (χ1n) is 13.1. The van der Waals surface area contributed by atoms with Crippen LogP contribution in [0, 0.1) is 0 Å². The summed E-state index contributed by atoms with van der Waals surface area (Å²) in [6.45, 7) is 4.67. The second-order valence-electron chi connectivity index (χ2n) is 10.5. The predicted molar refractivity (Wildman–Crippen MR) is 159 cm³/mol. The van der Waals surface area contributed by atoms with Crippen molar-refractivity contribution in [3.63, 3.8) is 0 Å². The minimum atomic E-state index is -0.0575. The Hall–Kier alpha value is -4.69. The zero-order chi connectivity index (χ0) is 25.7. The SMILES string of the molecule is CC1(C)c2ccccc2-c2ccc(N(c3ccc(-c4ccccc4)cc3)c3ccc4ncccc4c3)cc21. The van der Waals surface area contributed by atoms with E-state index in [1.54, 1.807) is 0 Å². The third-order valence-corrected chi connectivity index (χ3v) is 7.90. The summed E-state index contributed by atoms with van der Waals surface area (Å²) in [6, 6.07) is 45.8. The van der Waals surface area contributed by atoms with E-state index >= 15 is 0 Å². The maximum Gasteiger partial charge on any atom is 0.0703 e. The van der Waals surface area contributed by atoms with Gasteiger partial charge < -0.3 is 4.90 Å². The first-order chi connectivity index (χ1) is 18.6. The zero-order valence-electron chi connectivity index (χ0n) is 21.6. The smallest absolute Gasteiger partial charge is 0.0703 e. The second kappa shape index (κ2) is 8.71. The Bertz CT molecular complexity index is 1780. The lowest BCUT2D eigenvalue weighted by molar-refractivity contribution is 0.660. The van der Waals surface area contributed by atoms with Crippen LogP contribution in [-0.4, -0.2) is 4.98 Å². The third-order valence-electron chi connectivity index (χ3n) is 7.90. The molecule has 6 aromatic rings. The molecular formula is C36H28N2.